The highest BCUT2D eigenvalue weighted by Crippen LogP contribution is 2.32. The lowest BCUT2D eigenvalue weighted by Crippen LogP contribution is -2.34. The third-order valence-corrected chi connectivity index (χ3v) is 5.54. The predicted molar refractivity (Wildman–Crippen MR) is 152 cm³/mol. The number of nitrogens with zero attached hydrogens (tertiary/aromatic N) is 3. The number of oxazole rings is 2. The molecule has 11 nitrogen and oxygen atoms in total. The van der Waals surface area contributed by atoms with Crippen molar-refractivity contribution in [2.24, 2.45) is 5.73 Å². The van der Waals surface area contributed by atoms with Gasteiger partial charge >= 0.3 is 6.03 Å². The zero-order valence-electron chi connectivity index (χ0n) is 22.7. The summed E-state index contributed by atoms with van der Waals surface area (Å²) in [4.78, 5) is 34.3. The van der Waals surface area contributed by atoms with Gasteiger partial charge in [0.25, 0.3) is 6.01 Å². The molecule has 0 saturated carbocycles. The third kappa shape index (κ3) is 7.68. The quantitative estimate of drug-likeness (QED) is 0.302. The molecule has 4 rings (SSSR count). The number of nitrogens with one attached hydrogen (secondary N) is 3. The molecule has 3 aromatic rings. The van der Waals surface area contributed by atoms with Crippen molar-refractivity contribution in [1.29, 1.82) is 0 Å². The first-order valence-electron chi connectivity index (χ1n) is 12.8. The maximum absolute atomic E-state index is 12.2. The second kappa shape index (κ2) is 14.3. The van der Waals surface area contributed by atoms with Crippen LogP contribution in [0.4, 0.5) is 22.2 Å². The molecular weight excluding hydrogens is 498 g/mol. The van der Waals surface area contributed by atoms with E-state index in [4.69, 9.17) is 14.6 Å². The molecule has 2 aromatic heterocycles. The number of carbonyl (C=O) groups excluding carboxylic acids is 2. The Balaban J connectivity index is 0.00000205. The van der Waals surface area contributed by atoms with Gasteiger partial charge in [0.2, 0.25) is 11.8 Å². The van der Waals surface area contributed by atoms with E-state index < -0.39 is 0 Å². The number of rotatable bonds is 9. The molecule has 206 valence electrons. The maximum Gasteiger partial charge on any atom is 0.319 e. The van der Waals surface area contributed by atoms with Crippen LogP contribution in [-0.2, 0) is 4.79 Å². The Labute approximate surface area is 227 Å². The zero-order valence-corrected chi connectivity index (χ0v) is 22.7. The largest absolute Gasteiger partial charge is 0.444 e. The summed E-state index contributed by atoms with van der Waals surface area (Å²) in [7, 11) is 1.71. The van der Waals surface area contributed by atoms with Gasteiger partial charge in [0, 0.05) is 31.4 Å². The van der Waals surface area contributed by atoms with Crippen molar-refractivity contribution in [3.05, 3.63) is 72.5 Å². The summed E-state index contributed by atoms with van der Waals surface area (Å²) < 4.78 is 11.4. The highest BCUT2D eigenvalue weighted by Gasteiger charge is 2.18. The van der Waals surface area contributed by atoms with E-state index in [0.717, 1.165) is 11.1 Å². The number of hydrogen-bond donors (Lipinski definition) is 4. The normalized spacial score (nSPS) is 12.3. The highest BCUT2D eigenvalue weighted by atomic mass is 16.4. The average Bonchev–Trinajstić information content (AvgIpc) is 3.59. The fraction of sp³-hybridized carbons (Fsp3) is 0.286. The Morgan fingerprint density at radius 2 is 2.03 bits per heavy atom. The van der Waals surface area contributed by atoms with Crippen LogP contribution in [0.15, 0.2) is 75.6 Å². The van der Waals surface area contributed by atoms with Crippen molar-refractivity contribution in [1.82, 2.24) is 20.2 Å². The number of aromatic nitrogens is 2. The van der Waals surface area contributed by atoms with Gasteiger partial charge in [-0.2, -0.15) is 0 Å². The van der Waals surface area contributed by atoms with E-state index in [1.165, 1.54) is 12.5 Å². The molecule has 0 atom stereocenters. The van der Waals surface area contributed by atoms with Crippen LogP contribution in [0, 0.1) is 0 Å². The monoisotopic (exact) mass is 533 g/mol. The van der Waals surface area contributed by atoms with Gasteiger partial charge in [0.15, 0.2) is 5.76 Å². The summed E-state index contributed by atoms with van der Waals surface area (Å²) in [6, 6.07) is 5.25. The summed E-state index contributed by atoms with van der Waals surface area (Å²) in [5.74, 6) is 0.782. The highest BCUT2D eigenvalue weighted by molar-refractivity contribution is 5.94. The minimum absolute atomic E-state index is 0.0548. The molecule has 0 saturated heterocycles. The van der Waals surface area contributed by atoms with Crippen molar-refractivity contribution in [2.45, 2.75) is 27.2 Å². The lowest BCUT2D eigenvalue weighted by atomic mass is 10.0. The first-order chi connectivity index (χ1) is 19.0. The van der Waals surface area contributed by atoms with E-state index in [2.05, 4.69) is 25.9 Å². The van der Waals surface area contributed by atoms with Crippen LogP contribution < -0.4 is 21.7 Å². The molecule has 0 spiro atoms. The van der Waals surface area contributed by atoms with E-state index in [1.807, 2.05) is 45.1 Å². The number of allylic oxidation sites excluding steroid dienone is 4. The molecule has 0 aliphatic heterocycles. The Bertz CT molecular complexity index is 1340. The molecule has 1 aromatic carbocycles. The van der Waals surface area contributed by atoms with Crippen LogP contribution in [0.3, 0.4) is 0 Å². The fourth-order valence-electron chi connectivity index (χ4n) is 3.74. The molecule has 0 fully saturated rings. The van der Waals surface area contributed by atoms with Crippen LogP contribution >= 0.6 is 0 Å². The number of amides is 3. The number of nitrogens with two attached hydrogens (primary N) is 1. The van der Waals surface area contributed by atoms with Crippen LogP contribution in [0.1, 0.15) is 33.0 Å². The van der Waals surface area contributed by atoms with Gasteiger partial charge in [-0.3, -0.25) is 4.79 Å². The minimum atomic E-state index is -0.350. The summed E-state index contributed by atoms with van der Waals surface area (Å²) >= 11 is 0. The number of benzene rings is 1. The van der Waals surface area contributed by atoms with Gasteiger partial charge in [-0.15, -0.1) is 0 Å². The standard InChI is InChI=1S/C26H29N7O4.C2H6/c1-3-28-25(35)32-21-13-18(9-10-20(21)24-29-11-12-36-24)31-26-30-15-22(37-26)19-8-6-4-5-7-17(19)16-33(2)23(34)14-27;1-2/h4-5,7-13,15H,3,6,14,16,27H2,1-2H3,(H,30,31)(H2,28,32,35);1-2H3. The first-order valence-corrected chi connectivity index (χ1v) is 12.8. The lowest BCUT2D eigenvalue weighted by molar-refractivity contribution is -0.127. The number of carbonyl (C=O) groups is 2. The lowest BCUT2D eigenvalue weighted by Gasteiger charge is -2.19. The van der Waals surface area contributed by atoms with Crippen LogP contribution in [-0.4, -0.2) is 53.5 Å². The van der Waals surface area contributed by atoms with E-state index in [9.17, 15) is 9.59 Å². The Hall–Kier alpha value is -4.64. The number of likely N-dealkylation sites (N-methyl/N-ethyl adjacent to an activating group) is 1. The smallest absolute Gasteiger partial charge is 0.319 e. The number of hydrogen-bond acceptors (Lipinski definition) is 8. The molecule has 0 radical (unpaired) electrons. The van der Waals surface area contributed by atoms with Crippen molar-refractivity contribution in [2.75, 3.05) is 37.3 Å². The van der Waals surface area contributed by atoms with Crippen LogP contribution in [0.25, 0.3) is 17.0 Å². The second-order valence-corrected chi connectivity index (χ2v) is 8.16. The van der Waals surface area contributed by atoms with E-state index in [-0.39, 0.29) is 24.5 Å². The Morgan fingerprint density at radius 3 is 2.74 bits per heavy atom. The Morgan fingerprint density at radius 1 is 1.21 bits per heavy atom. The van der Waals surface area contributed by atoms with Gasteiger partial charge in [0.1, 0.15) is 6.26 Å². The molecule has 11 heteroatoms. The molecule has 39 heavy (non-hydrogen) atoms. The predicted octanol–water partition coefficient (Wildman–Crippen LogP) is 4.93. The van der Waals surface area contributed by atoms with Crippen molar-refractivity contribution in [3.8, 4) is 11.5 Å². The van der Waals surface area contributed by atoms with Crippen LogP contribution in [0.2, 0.25) is 0 Å². The molecule has 0 bridgehead atoms. The van der Waals surface area contributed by atoms with Gasteiger partial charge in [-0.25, -0.2) is 14.8 Å². The summed E-state index contributed by atoms with van der Waals surface area (Å²) in [6.45, 7) is 6.64. The topological polar surface area (TPSA) is 152 Å². The third-order valence-electron chi connectivity index (χ3n) is 5.54. The molecule has 1 aliphatic rings. The molecule has 3 amide bonds. The molecule has 1 aliphatic carbocycles. The summed E-state index contributed by atoms with van der Waals surface area (Å²) in [5, 5.41) is 8.67. The summed E-state index contributed by atoms with van der Waals surface area (Å²) in [6.07, 6.45) is 13.3. The minimum Gasteiger partial charge on any atom is -0.444 e. The van der Waals surface area contributed by atoms with Gasteiger partial charge < -0.3 is 35.4 Å². The van der Waals surface area contributed by atoms with Gasteiger partial charge in [-0.05, 0) is 37.1 Å². The maximum atomic E-state index is 12.2. The first kappa shape index (κ1) is 28.9. The van der Waals surface area contributed by atoms with Gasteiger partial charge in [0.05, 0.1) is 30.2 Å². The molecular formula is C28H35N7O4. The van der Waals surface area contributed by atoms with E-state index in [1.54, 1.807) is 36.3 Å². The number of anilines is 3. The summed E-state index contributed by atoms with van der Waals surface area (Å²) in [5.41, 5.74) is 9.02. The van der Waals surface area contributed by atoms with Crippen molar-refractivity contribution >= 4 is 34.9 Å². The second-order valence-electron chi connectivity index (χ2n) is 8.16. The Kier molecular flexibility index (Phi) is 10.6. The van der Waals surface area contributed by atoms with E-state index >= 15 is 0 Å². The molecule has 2 heterocycles. The van der Waals surface area contributed by atoms with Gasteiger partial charge in [-0.1, -0.05) is 38.2 Å². The number of urea groups is 1. The molecule has 0 unspecified atom stereocenters. The van der Waals surface area contributed by atoms with E-state index in [0.29, 0.717) is 48.1 Å². The van der Waals surface area contributed by atoms with Crippen molar-refractivity contribution in [3.63, 3.8) is 0 Å². The van der Waals surface area contributed by atoms with Crippen molar-refractivity contribution < 1.29 is 18.4 Å². The fourth-order valence-corrected chi connectivity index (χ4v) is 3.74. The van der Waals surface area contributed by atoms with Crippen LogP contribution in [0.5, 0.6) is 0 Å². The molecule has 5 N–H and O–H groups in total. The average molecular weight is 534 g/mol. The zero-order chi connectivity index (χ0) is 28.2. The SMILES string of the molecule is CC.CCNC(=O)Nc1cc(Nc2ncc(C3=CCC=CC=C3CN(C)C(=O)CN)o2)ccc1-c1ncco1.